The van der Waals surface area contributed by atoms with Crippen LogP contribution in [0.5, 0.6) is 17.2 Å². The predicted octanol–water partition coefficient (Wildman–Crippen LogP) is 4.91. The van der Waals surface area contributed by atoms with Crippen molar-refractivity contribution in [3.8, 4) is 17.2 Å². The number of benzene rings is 2. The van der Waals surface area contributed by atoms with Crippen LogP contribution in [0.3, 0.4) is 0 Å². The number of carbonyl (C=O) groups is 3. The monoisotopic (exact) mass is 488 g/mol. The average molecular weight is 489 g/mol. The van der Waals surface area contributed by atoms with Gasteiger partial charge in [-0.2, -0.15) is 0 Å². The Balaban J connectivity index is 1.80. The SMILES string of the molecule is CCOC(=O)C(=O)Nc1cc(C)c(Oc2ccc(O)c(C(=O)N3CCCC(C)(C)C3)c2)c(Cl)c1. The Morgan fingerprint density at radius 1 is 1.21 bits per heavy atom. The minimum atomic E-state index is -0.991. The van der Waals surface area contributed by atoms with E-state index in [2.05, 4.69) is 23.9 Å². The molecule has 0 aliphatic carbocycles. The zero-order valence-electron chi connectivity index (χ0n) is 19.7. The second-order valence-electron chi connectivity index (χ2n) is 9.05. The number of phenols is 1. The zero-order chi connectivity index (χ0) is 25.0. The molecule has 2 amide bonds. The van der Waals surface area contributed by atoms with E-state index in [-0.39, 0.29) is 34.3 Å². The van der Waals surface area contributed by atoms with Crippen LogP contribution in [0.2, 0.25) is 5.02 Å². The van der Waals surface area contributed by atoms with E-state index >= 15 is 0 Å². The van der Waals surface area contributed by atoms with Crippen LogP contribution in [-0.4, -0.2) is 47.5 Å². The highest BCUT2D eigenvalue weighted by Crippen LogP contribution is 2.37. The molecule has 1 heterocycles. The van der Waals surface area contributed by atoms with Crippen molar-refractivity contribution in [1.82, 2.24) is 4.90 Å². The Bertz CT molecular complexity index is 1090. The number of amides is 2. The number of nitrogens with zero attached hydrogens (tertiary/aromatic N) is 1. The summed E-state index contributed by atoms with van der Waals surface area (Å²) in [5.74, 6) is -1.63. The molecule has 34 heavy (non-hydrogen) atoms. The van der Waals surface area contributed by atoms with Crippen molar-refractivity contribution in [3.05, 3.63) is 46.5 Å². The Morgan fingerprint density at radius 2 is 1.94 bits per heavy atom. The summed E-state index contributed by atoms with van der Waals surface area (Å²) in [6.07, 6.45) is 1.95. The van der Waals surface area contributed by atoms with Gasteiger partial charge in [0.1, 0.15) is 17.2 Å². The second kappa shape index (κ2) is 10.3. The first-order valence-corrected chi connectivity index (χ1v) is 11.5. The van der Waals surface area contributed by atoms with Gasteiger partial charge in [-0.1, -0.05) is 25.4 Å². The van der Waals surface area contributed by atoms with E-state index in [1.165, 1.54) is 18.2 Å². The molecular formula is C25H29ClN2O6. The van der Waals surface area contributed by atoms with E-state index in [0.29, 0.717) is 35.8 Å². The fraction of sp³-hybridized carbons (Fsp3) is 0.400. The molecule has 182 valence electrons. The van der Waals surface area contributed by atoms with Gasteiger partial charge in [-0.05, 0) is 68.0 Å². The van der Waals surface area contributed by atoms with Crippen LogP contribution in [0, 0.1) is 12.3 Å². The highest BCUT2D eigenvalue weighted by atomic mass is 35.5. The molecule has 1 saturated heterocycles. The van der Waals surface area contributed by atoms with E-state index in [1.54, 1.807) is 30.9 Å². The Kier molecular flexibility index (Phi) is 7.71. The molecule has 1 aliphatic rings. The number of ether oxygens (including phenoxy) is 2. The number of aromatic hydroxyl groups is 1. The lowest BCUT2D eigenvalue weighted by Gasteiger charge is -2.38. The van der Waals surface area contributed by atoms with Gasteiger partial charge in [-0.3, -0.25) is 9.59 Å². The number of anilines is 1. The summed E-state index contributed by atoms with van der Waals surface area (Å²) in [4.78, 5) is 38.3. The minimum Gasteiger partial charge on any atom is -0.507 e. The lowest BCUT2D eigenvalue weighted by molar-refractivity contribution is -0.152. The van der Waals surface area contributed by atoms with Crippen LogP contribution in [-0.2, 0) is 14.3 Å². The number of nitrogens with one attached hydrogen (secondary N) is 1. The highest BCUT2D eigenvalue weighted by Gasteiger charge is 2.30. The first kappa shape index (κ1) is 25.4. The van der Waals surface area contributed by atoms with Crippen LogP contribution >= 0.6 is 11.6 Å². The van der Waals surface area contributed by atoms with Gasteiger partial charge in [0.05, 0.1) is 17.2 Å². The lowest BCUT2D eigenvalue weighted by atomic mass is 9.84. The summed E-state index contributed by atoms with van der Waals surface area (Å²) >= 11 is 6.38. The third kappa shape index (κ3) is 5.99. The van der Waals surface area contributed by atoms with Crippen LogP contribution in [0.4, 0.5) is 5.69 Å². The van der Waals surface area contributed by atoms with Gasteiger partial charge in [0.25, 0.3) is 5.91 Å². The number of halogens is 1. The van der Waals surface area contributed by atoms with Gasteiger partial charge >= 0.3 is 11.9 Å². The van der Waals surface area contributed by atoms with Gasteiger partial charge in [-0.25, -0.2) is 4.79 Å². The van der Waals surface area contributed by atoms with Crippen LogP contribution < -0.4 is 10.1 Å². The highest BCUT2D eigenvalue weighted by molar-refractivity contribution is 6.37. The van der Waals surface area contributed by atoms with Crippen molar-refractivity contribution in [2.75, 3.05) is 25.0 Å². The summed E-state index contributed by atoms with van der Waals surface area (Å²) in [7, 11) is 0. The first-order valence-electron chi connectivity index (χ1n) is 11.1. The van der Waals surface area contributed by atoms with Crippen molar-refractivity contribution in [2.45, 2.75) is 40.5 Å². The number of rotatable bonds is 5. The smallest absolute Gasteiger partial charge is 0.397 e. The van der Waals surface area contributed by atoms with Crippen LogP contribution in [0.1, 0.15) is 49.5 Å². The average Bonchev–Trinajstić information content (AvgIpc) is 2.76. The zero-order valence-corrected chi connectivity index (χ0v) is 20.5. The summed E-state index contributed by atoms with van der Waals surface area (Å²) < 4.78 is 10.6. The molecule has 3 rings (SSSR count). The number of hydrogen-bond acceptors (Lipinski definition) is 6. The number of carbonyl (C=O) groups excluding carboxylic acids is 3. The van der Waals surface area contributed by atoms with Crippen molar-refractivity contribution in [2.24, 2.45) is 5.41 Å². The van der Waals surface area contributed by atoms with Gasteiger partial charge in [0.2, 0.25) is 0 Å². The van der Waals surface area contributed by atoms with Gasteiger partial charge in [-0.15, -0.1) is 0 Å². The first-order chi connectivity index (χ1) is 16.0. The third-order valence-electron chi connectivity index (χ3n) is 5.55. The standard InChI is InChI=1S/C25H29ClN2O6/c1-5-33-24(32)22(30)27-16-11-15(2)21(19(26)12-16)34-17-7-8-20(29)18(13-17)23(31)28-10-6-9-25(3,4)14-28/h7-8,11-13,29H,5-6,9-10,14H2,1-4H3,(H,27,30). The largest absolute Gasteiger partial charge is 0.507 e. The summed E-state index contributed by atoms with van der Waals surface area (Å²) in [5, 5.41) is 13.0. The molecule has 0 spiro atoms. The van der Waals surface area contributed by atoms with Crippen LogP contribution in [0.25, 0.3) is 0 Å². The minimum absolute atomic E-state index is 0.0206. The number of hydrogen-bond donors (Lipinski definition) is 2. The van der Waals surface area contributed by atoms with E-state index < -0.39 is 11.9 Å². The van der Waals surface area contributed by atoms with Crippen molar-refractivity contribution in [1.29, 1.82) is 0 Å². The van der Waals surface area contributed by atoms with Crippen molar-refractivity contribution >= 4 is 35.1 Å². The lowest BCUT2D eigenvalue weighted by Crippen LogP contribution is -2.43. The summed E-state index contributed by atoms with van der Waals surface area (Å²) in [6.45, 7) is 8.91. The Labute approximate surface area is 203 Å². The number of piperidine rings is 1. The molecule has 2 aromatic rings. The Morgan fingerprint density at radius 3 is 2.59 bits per heavy atom. The molecule has 1 fully saturated rings. The number of aryl methyl sites for hydroxylation is 1. The molecular weight excluding hydrogens is 460 g/mol. The molecule has 0 bridgehead atoms. The van der Waals surface area contributed by atoms with Crippen molar-refractivity contribution < 1.29 is 29.0 Å². The third-order valence-corrected chi connectivity index (χ3v) is 5.83. The molecule has 0 saturated carbocycles. The molecule has 0 atom stereocenters. The summed E-state index contributed by atoms with van der Waals surface area (Å²) in [6, 6.07) is 7.49. The fourth-order valence-electron chi connectivity index (χ4n) is 3.95. The molecule has 0 aromatic heterocycles. The second-order valence-corrected chi connectivity index (χ2v) is 9.46. The van der Waals surface area contributed by atoms with E-state index in [4.69, 9.17) is 16.3 Å². The number of phenolic OH excluding ortho intramolecular Hbond substituents is 1. The summed E-state index contributed by atoms with van der Waals surface area (Å²) in [5.41, 5.74) is 1.07. The predicted molar refractivity (Wildman–Crippen MR) is 129 cm³/mol. The number of likely N-dealkylation sites (tertiary alicyclic amines) is 1. The van der Waals surface area contributed by atoms with Gasteiger partial charge in [0.15, 0.2) is 0 Å². The van der Waals surface area contributed by atoms with E-state index in [0.717, 1.165) is 12.8 Å². The van der Waals surface area contributed by atoms with Crippen LogP contribution in [0.15, 0.2) is 30.3 Å². The Hall–Kier alpha value is -3.26. The fourth-order valence-corrected chi connectivity index (χ4v) is 4.25. The van der Waals surface area contributed by atoms with E-state index in [9.17, 15) is 19.5 Å². The molecule has 0 unspecified atom stereocenters. The van der Waals surface area contributed by atoms with Gasteiger partial charge < -0.3 is 24.8 Å². The molecule has 9 heteroatoms. The number of esters is 1. The molecule has 0 radical (unpaired) electrons. The molecule has 1 aliphatic heterocycles. The topological polar surface area (TPSA) is 105 Å². The normalized spacial score (nSPS) is 14.9. The maximum atomic E-state index is 13.1. The molecule has 2 N–H and O–H groups in total. The molecule has 2 aromatic carbocycles. The van der Waals surface area contributed by atoms with E-state index in [1.807, 2.05) is 0 Å². The van der Waals surface area contributed by atoms with Gasteiger partial charge in [0, 0.05) is 18.8 Å². The molecule has 8 nitrogen and oxygen atoms in total. The maximum absolute atomic E-state index is 13.1. The van der Waals surface area contributed by atoms with Crippen molar-refractivity contribution in [3.63, 3.8) is 0 Å². The maximum Gasteiger partial charge on any atom is 0.397 e. The quantitative estimate of drug-likeness (QED) is 0.457.